The summed E-state index contributed by atoms with van der Waals surface area (Å²) >= 11 is 0. The predicted octanol–water partition coefficient (Wildman–Crippen LogP) is 3.99. The number of rotatable bonds is 8. The molecular formula is C21H19N5O7S. The third-order valence-corrected chi connectivity index (χ3v) is 7.13. The van der Waals surface area contributed by atoms with Gasteiger partial charge in [0.1, 0.15) is 17.2 Å². The molecule has 3 aromatic rings. The second kappa shape index (κ2) is 9.41. The average Bonchev–Trinajstić information content (AvgIpc) is 3.52. The van der Waals surface area contributed by atoms with E-state index in [0.717, 1.165) is 18.9 Å². The van der Waals surface area contributed by atoms with Crippen LogP contribution in [-0.4, -0.2) is 41.9 Å². The van der Waals surface area contributed by atoms with Gasteiger partial charge in [0.05, 0.1) is 21.0 Å². The van der Waals surface area contributed by atoms with Crippen LogP contribution in [0.5, 0.6) is 0 Å². The summed E-state index contributed by atoms with van der Waals surface area (Å²) in [5, 5.41) is 26.2. The van der Waals surface area contributed by atoms with E-state index in [2.05, 4.69) is 10.5 Å². The molecule has 13 heteroatoms. The summed E-state index contributed by atoms with van der Waals surface area (Å²) in [5.41, 5.74) is 2.72. The molecule has 0 spiro atoms. The van der Waals surface area contributed by atoms with Crippen LogP contribution >= 0.6 is 0 Å². The molecule has 1 aliphatic heterocycles. The minimum Gasteiger partial charge on any atom is -0.455 e. The Hall–Kier alpha value is -4.10. The van der Waals surface area contributed by atoms with Crippen molar-refractivity contribution in [3.05, 3.63) is 80.6 Å². The van der Waals surface area contributed by atoms with Crippen LogP contribution in [0.3, 0.4) is 0 Å². The Kier molecular flexibility index (Phi) is 6.38. The van der Waals surface area contributed by atoms with Crippen LogP contribution < -0.4 is 5.43 Å². The smallest absolute Gasteiger partial charge is 0.295 e. The Labute approximate surface area is 193 Å². The number of nitrogens with zero attached hydrogens (tertiary/aromatic N) is 4. The zero-order valence-corrected chi connectivity index (χ0v) is 18.5. The Balaban J connectivity index is 1.49. The van der Waals surface area contributed by atoms with E-state index in [1.165, 1.54) is 34.8 Å². The third kappa shape index (κ3) is 4.79. The highest BCUT2D eigenvalue weighted by atomic mass is 32.2. The molecule has 2 heterocycles. The van der Waals surface area contributed by atoms with E-state index in [9.17, 15) is 28.6 Å². The number of hydrazone groups is 1. The topological polar surface area (TPSA) is 161 Å². The van der Waals surface area contributed by atoms with Gasteiger partial charge in [-0.3, -0.25) is 25.7 Å². The second-order valence-corrected chi connectivity index (χ2v) is 9.36. The molecule has 0 radical (unpaired) electrons. The van der Waals surface area contributed by atoms with E-state index in [1.54, 1.807) is 24.3 Å². The van der Waals surface area contributed by atoms with Crippen molar-refractivity contribution in [3.8, 4) is 11.3 Å². The van der Waals surface area contributed by atoms with Crippen molar-refractivity contribution in [1.29, 1.82) is 0 Å². The molecule has 0 aliphatic carbocycles. The summed E-state index contributed by atoms with van der Waals surface area (Å²) < 4.78 is 32.3. The number of nitro groups is 2. The van der Waals surface area contributed by atoms with Crippen molar-refractivity contribution in [2.45, 2.75) is 17.7 Å². The second-order valence-electron chi connectivity index (χ2n) is 7.42. The summed E-state index contributed by atoms with van der Waals surface area (Å²) in [6.45, 7) is 0.789. The minimum atomic E-state index is -3.80. The van der Waals surface area contributed by atoms with Gasteiger partial charge in [-0.15, -0.1) is 0 Å². The van der Waals surface area contributed by atoms with Crippen LogP contribution in [0.4, 0.5) is 17.1 Å². The van der Waals surface area contributed by atoms with Crippen molar-refractivity contribution in [1.82, 2.24) is 4.31 Å². The lowest BCUT2D eigenvalue weighted by Gasteiger charge is -2.15. The number of nitro benzene ring substituents is 2. The van der Waals surface area contributed by atoms with Gasteiger partial charge in [-0.2, -0.15) is 9.41 Å². The standard InChI is InChI=1S/C21H19N5O7S/c27-25(28)16-5-3-15(4-6-16)21-10-7-17(33-21)14-22-23-19-9-8-18(13-20(19)26(29)30)34(31,32)24-11-1-2-12-24/h3-10,13-14,23H,1-2,11-12H2/b22-14-. The van der Waals surface area contributed by atoms with Gasteiger partial charge in [-0.1, -0.05) is 0 Å². The van der Waals surface area contributed by atoms with Gasteiger partial charge < -0.3 is 4.42 Å². The number of hydrogen-bond acceptors (Lipinski definition) is 9. The van der Waals surface area contributed by atoms with Crippen molar-refractivity contribution in [3.63, 3.8) is 0 Å². The molecule has 4 rings (SSSR count). The van der Waals surface area contributed by atoms with Gasteiger partial charge in [-0.25, -0.2) is 8.42 Å². The molecule has 0 bridgehead atoms. The number of non-ortho nitro benzene ring substituents is 1. The largest absolute Gasteiger partial charge is 0.455 e. The molecule has 1 aromatic heterocycles. The van der Waals surface area contributed by atoms with Gasteiger partial charge >= 0.3 is 0 Å². The lowest BCUT2D eigenvalue weighted by molar-refractivity contribution is -0.384. The van der Waals surface area contributed by atoms with Crippen LogP contribution in [-0.2, 0) is 10.0 Å². The number of nitrogens with one attached hydrogen (secondary N) is 1. The maximum atomic E-state index is 12.7. The third-order valence-electron chi connectivity index (χ3n) is 5.23. The minimum absolute atomic E-state index is 0.0174. The van der Waals surface area contributed by atoms with Crippen LogP contribution in [0.2, 0.25) is 0 Å². The molecule has 1 fully saturated rings. The first-order valence-electron chi connectivity index (χ1n) is 10.2. The Bertz CT molecular complexity index is 1360. The highest BCUT2D eigenvalue weighted by Gasteiger charge is 2.29. The van der Waals surface area contributed by atoms with Crippen LogP contribution in [0, 0.1) is 20.2 Å². The van der Waals surface area contributed by atoms with E-state index in [4.69, 9.17) is 4.42 Å². The van der Waals surface area contributed by atoms with Crippen molar-refractivity contribution in [2.75, 3.05) is 18.5 Å². The quantitative estimate of drug-likeness (QED) is 0.284. The fourth-order valence-corrected chi connectivity index (χ4v) is 5.02. The monoisotopic (exact) mass is 485 g/mol. The van der Waals surface area contributed by atoms with E-state index in [1.807, 2.05) is 0 Å². The Morgan fingerprint density at radius 2 is 1.68 bits per heavy atom. The van der Waals surface area contributed by atoms with Crippen molar-refractivity contribution >= 4 is 33.3 Å². The van der Waals surface area contributed by atoms with Crippen LogP contribution in [0.25, 0.3) is 11.3 Å². The Morgan fingerprint density at radius 1 is 0.971 bits per heavy atom. The number of hydrogen-bond donors (Lipinski definition) is 1. The normalized spacial score (nSPS) is 14.5. The van der Waals surface area contributed by atoms with Crippen molar-refractivity contribution < 1.29 is 22.7 Å². The van der Waals surface area contributed by atoms with E-state index in [-0.39, 0.29) is 16.3 Å². The zero-order chi connectivity index (χ0) is 24.3. The van der Waals surface area contributed by atoms with Gasteiger partial charge in [0.15, 0.2) is 0 Å². The first-order valence-corrected chi connectivity index (χ1v) is 11.6. The van der Waals surface area contributed by atoms with Crippen molar-refractivity contribution in [2.24, 2.45) is 5.10 Å². The highest BCUT2D eigenvalue weighted by molar-refractivity contribution is 7.89. The molecule has 12 nitrogen and oxygen atoms in total. The van der Waals surface area contributed by atoms with E-state index < -0.39 is 25.6 Å². The van der Waals surface area contributed by atoms with Gasteiger partial charge in [-0.05, 0) is 49.2 Å². The van der Waals surface area contributed by atoms with Crippen LogP contribution in [0.1, 0.15) is 18.6 Å². The lowest BCUT2D eigenvalue weighted by atomic mass is 10.1. The summed E-state index contributed by atoms with van der Waals surface area (Å²) in [7, 11) is -3.80. The summed E-state index contributed by atoms with van der Waals surface area (Å²) in [5.74, 6) is 0.788. The summed E-state index contributed by atoms with van der Waals surface area (Å²) in [4.78, 5) is 21.0. The SMILES string of the molecule is O=[N+]([O-])c1ccc(-c2ccc(/C=N\Nc3ccc(S(=O)(=O)N4CCCC4)cc3[N+](=O)[O-])o2)cc1. The molecule has 1 saturated heterocycles. The molecule has 1 aliphatic rings. The number of furan rings is 1. The predicted molar refractivity (Wildman–Crippen MR) is 123 cm³/mol. The molecular weight excluding hydrogens is 466 g/mol. The van der Waals surface area contributed by atoms with E-state index in [0.29, 0.717) is 30.2 Å². The first kappa shape index (κ1) is 23.1. The maximum absolute atomic E-state index is 12.7. The average molecular weight is 485 g/mol. The fraction of sp³-hybridized carbons (Fsp3) is 0.190. The number of benzene rings is 2. The van der Waals surface area contributed by atoms with Gasteiger partial charge in [0, 0.05) is 36.9 Å². The molecule has 0 unspecified atom stereocenters. The molecule has 1 N–H and O–H groups in total. The molecule has 0 atom stereocenters. The lowest BCUT2D eigenvalue weighted by Crippen LogP contribution is -2.27. The van der Waals surface area contributed by atoms with Crippen LogP contribution in [0.15, 0.2) is 69.0 Å². The molecule has 2 aromatic carbocycles. The molecule has 0 saturated carbocycles. The first-order chi connectivity index (χ1) is 16.3. The summed E-state index contributed by atoms with van der Waals surface area (Å²) in [6, 6.07) is 12.7. The maximum Gasteiger partial charge on any atom is 0.295 e. The Morgan fingerprint density at radius 3 is 2.32 bits per heavy atom. The fourth-order valence-electron chi connectivity index (χ4n) is 3.49. The van der Waals surface area contributed by atoms with E-state index >= 15 is 0 Å². The molecule has 0 amide bonds. The number of sulfonamides is 1. The number of anilines is 1. The molecule has 176 valence electrons. The van der Waals surface area contributed by atoms with Gasteiger partial charge in [0.25, 0.3) is 11.4 Å². The van der Waals surface area contributed by atoms with Gasteiger partial charge in [0.2, 0.25) is 10.0 Å². The summed E-state index contributed by atoms with van der Waals surface area (Å²) in [6.07, 6.45) is 2.82. The molecule has 34 heavy (non-hydrogen) atoms. The highest BCUT2D eigenvalue weighted by Crippen LogP contribution is 2.30. The zero-order valence-electron chi connectivity index (χ0n) is 17.7.